The lowest BCUT2D eigenvalue weighted by Crippen LogP contribution is -2.40. The number of hydrogen-bond donors (Lipinski definition) is 1. The molecule has 0 saturated heterocycles. The van der Waals surface area contributed by atoms with E-state index < -0.39 is 23.5 Å². The quantitative estimate of drug-likeness (QED) is 0.251. The van der Waals surface area contributed by atoms with Gasteiger partial charge in [0.1, 0.15) is 11.5 Å². The van der Waals surface area contributed by atoms with Gasteiger partial charge in [-0.2, -0.15) is 0 Å². The highest BCUT2D eigenvalue weighted by atomic mass is 79.9. The summed E-state index contributed by atoms with van der Waals surface area (Å²) >= 11 is 10.7. The molecule has 0 aliphatic carbocycles. The number of ether oxygens (including phenoxy) is 3. The molecule has 0 bridgehead atoms. The second-order valence-corrected chi connectivity index (χ2v) is 11.5. The van der Waals surface area contributed by atoms with Crippen molar-refractivity contribution in [3.05, 3.63) is 99.8 Å². The molecule has 0 fully saturated rings. The minimum atomic E-state index is -1.16. The lowest BCUT2D eigenvalue weighted by atomic mass is 9.95. The fraction of sp³-hybridized carbons (Fsp3) is 0.200. The van der Waals surface area contributed by atoms with Crippen LogP contribution < -0.4 is 24.4 Å². The van der Waals surface area contributed by atoms with E-state index in [-0.39, 0.29) is 22.8 Å². The van der Waals surface area contributed by atoms with Gasteiger partial charge in [-0.05, 0) is 61.9 Å². The smallest absolute Gasteiger partial charge is 0.338 e. The molecule has 0 amide bonds. The normalized spacial score (nSPS) is 14.7. The van der Waals surface area contributed by atoms with Gasteiger partial charge in [0.05, 0.1) is 53.3 Å². The largest absolute Gasteiger partial charge is 0.493 e. The first-order chi connectivity index (χ1) is 20.6. The summed E-state index contributed by atoms with van der Waals surface area (Å²) in [5.41, 5.74) is 1.25. The van der Waals surface area contributed by atoms with Gasteiger partial charge in [0.15, 0.2) is 16.3 Å². The third-order valence-electron chi connectivity index (χ3n) is 6.70. The topological polar surface area (TPSA) is 130 Å². The summed E-state index contributed by atoms with van der Waals surface area (Å²) in [4.78, 5) is 43.7. The van der Waals surface area contributed by atoms with Crippen molar-refractivity contribution in [2.75, 3.05) is 20.8 Å². The number of nitrogens with zero attached hydrogens (tertiary/aromatic N) is 2. The van der Waals surface area contributed by atoms with Gasteiger partial charge in [0.2, 0.25) is 0 Å². The molecule has 2 aromatic heterocycles. The van der Waals surface area contributed by atoms with Gasteiger partial charge in [-0.3, -0.25) is 9.36 Å². The molecule has 3 heterocycles. The van der Waals surface area contributed by atoms with E-state index in [1.807, 2.05) is 0 Å². The molecule has 1 aliphatic heterocycles. The SMILES string of the molecule is CCOC(=O)C1=C(C)N=c2s/c(=C/c3ccc(-c4ccc(Cl)c(C(=O)O)c4)o3)c(=O)n2[C@H]1c1cc(OC)c(OC)cc1Br. The average molecular weight is 688 g/mol. The summed E-state index contributed by atoms with van der Waals surface area (Å²) < 4.78 is 24.6. The molecule has 222 valence electrons. The predicted octanol–water partition coefficient (Wildman–Crippen LogP) is 5.19. The van der Waals surface area contributed by atoms with Gasteiger partial charge in [-0.25, -0.2) is 14.6 Å². The number of halogens is 2. The number of aromatic carboxylic acids is 1. The van der Waals surface area contributed by atoms with Crippen LogP contribution in [0.4, 0.5) is 0 Å². The van der Waals surface area contributed by atoms with Crippen LogP contribution in [0.2, 0.25) is 5.02 Å². The lowest BCUT2D eigenvalue weighted by molar-refractivity contribution is -0.139. The van der Waals surface area contributed by atoms with Gasteiger partial charge in [-0.1, -0.05) is 38.9 Å². The third-order valence-corrected chi connectivity index (χ3v) is 8.70. The molecule has 5 rings (SSSR count). The Hall–Kier alpha value is -4.13. The number of thiazole rings is 1. The number of esters is 1. The van der Waals surface area contributed by atoms with Crippen molar-refractivity contribution in [3.63, 3.8) is 0 Å². The first-order valence-corrected chi connectivity index (χ1v) is 14.8. The van der Waals surface area contributed by atoms with Gasteiger partial charge >= 0.3 is 11.9 Å². The van der Waals surface area contributed by atoms with Crippen molar-refractivity contribution in [1.29, 1.82) is 0 Å². The van der Waals surface area contributed by atoms with E-state index in [1.54, 1.807) is 50.3 Å². The number of carboxylic acid groups (broad SMARTS) is 1. The number of fused-ring (bicyclic) bond motifs is 1. The van der Waals surface area contributed by atoms with Crippen molar-refractivity contribution < 1.29 is 33.3 Å². The number of allylic oxidation sites excluding steroid dienone is 1. The summed E-state index contributed by atoms with van der Waals surface area (Å²) in [5, 5.41) is 9.52. The molecule has 0 radical (unpaired) electrons. The fourth-order valence-corrected chi connectivity index (χ4v) is 6.49. The molecular weight excluding hydrogens is 664 g/mol. The molecule has 1 N–H and O–H groups in total. The Morgan fingerprint density at radius 1 is 1.16 bits per heavy atom. The number of methoxy groups -OCH3 is 2. The Bertz CT molecular complexity index is 1990. The molecule has 4 aromatic rings. The van der Waals surface area contributed by atoms with E-state index in [1.165, 1.54) is 30.9 Å². The average Bonchev–Trinajstić information content (AvgIpc) is 3.56. The zero-order valence-corrected chi connectivity index (χ0v) is 26.4. The van der Waals surface area contributed by atoms with E-state index in [2.05, 4.69) is 20.9 Å². The minimum Gasteiger partial charge on any atom is -0.493 e. The Morgan fingerprint density at radius 3 is 2.56 bits per heavy atom. The molecule has 0 unspecified atom stereocenters. The molecule has 2 aromatic carbocycles. The number of benzene rings is 2. The molecule has 13 heteroatoms. The predicted molar refractivity (Wildman–Crippen MR) is 164 cm³/mol. The number of aromatic nitrogens is 1. The van der Waals surface area contributed by atoms with Crippen LogP contribution in [0.1, 0.15) is 41.6 Å². The van der Waals surface area contributed by atoms with E-state index in [9.17, 15) is 19.5 Å². The monoisotopic (exact) mass is 686 g/mol. The van der Waals surface area contributed by atoms with Crippen molar-refractivity contribution in [3.8, 4) is 22.8 Å². The highest BCUT2D eigenvalue weighted by Gasteiger charge is 2.35. The maximum atomic E-state index is 14.0. The number of rotatable bonds is 8. The van der Waals surface area contributed by atoms with E-state index in [0.717, 1.165) is 11.3 Å². The van der Waals surface area contributed by atoms with Crippen LogP contribution in [0.25, 0.3) is 17.4 Å². The van der Waals surface area contributed by atoms with Crippen LogP contribution in [-0.4, -0.2) is 42.4 Å². The maximum Gasteiger partial charge on any atom is 0.338 e. The second kappa shape index (κ2) is 12.2. The number of hydrogen-bond acceptors (Lipinski definition) is 9. The first-order valence-electron chi connectivity index (χ1n) is 12.8. The highest BCUT2D eigenvalue weighted by Crippen LogP contribution is 2.40. The fourth-order valence-electron chi connectivity index (χ4n) is 4.72. The van der Waals surface area contributed by atoms with Crippen LogP contribution in [0, 0.1) is 0 Å². The van der Waals surface area contributed by atoms with Crippen LogP contribution in [0.3, 0.4) is 0 Å². The Kier molecular flexibility index (Phi) is 8.63. The third kappa shape index (κ3) is 5.65. The van der Waals surface area contributed by atoms with Crippen molar-refractivity contribution in [2.45, 2.75) is 19.9 Å². The van der Waals surface area contributed by atoms with Crippen LogP contribution >= 0.6 is 38.9 Å². The first kappa shape index (κ1) is 30.3. The molecule has 1 atom stereocenters. The van der Waals surface area contributed by atoms with Crippen LogP contribution in [0.15, 0.2) is 72.4 Å². The van der Waals surface area contributed by atoms with E-state index in [4.69, 9.17) is 30.2 Å². The Morgan fingerprint density at radius 2 is 1.88 bits per heavy atom. The standard InChI is InChI=1S/C30H24BrClN2O8S/c1-5-41-29(38)25-14(2)33-30-34(26(25)17-12-22(39-3)23(40-4)13-19(17)31)27(35)24(43-30)11-16-7-9-21(42-16)15-6-8-20(32)18(10-15)28(36)37/h6-13,26H,5H2,1-4H3,(H,36,37)/b24-11+/t26-/m0/s1. The molecule has 0 saturated carbocycles. The number of furan rings is 1. The van der Waals surface area contributed by atoms with E-state index >= 15 is 0 Å². The van der Waals surface area contributed by atoms with Crippen molar-refractivity contribution in [1.82, 2.24) is 4.57 Å². The molecular formula is C30H24BrClN2O8S. The highest BCUT2D eigenvalue weighted by molar-refractivity contribution is 9.10. The van der Waals surface area contributed by atoms with Crippen LogP contribution in [0.5, 0.6) is 11.5 Å². The summed E-state index contributed by atoms with van der Waals surface area (Å²) in [7, 11) is 3.01. The van der Waals surface area contributed by atoms with E-state index in [0.29, 0.717) is 53.6 Å². The second-order valence-electron chi connectivity index (χ2n) is 9.23. The van der Waals surface area contributed by atoms with Gasteiger partial charge < -0.3 is 23.7 Å². The summed E-state index contributed by atoms with van der Waals surface area (Å²) in [5.74, 6) is -0.120. The van der Waals surface area contributed by atoms with Gasteiger partial charge in [0.25, 0.3) is 5.56 Å². The number of carbonyl (C=O) groups excluding carboxylic acids is 1. The number of carboxylic acids is 1. The lowest BCUT2D eigenvalue weighted by Gasteiger charge is -2.26. The number of carbonyl (C=O) groups is 2. The summed E-state index contributed by atoms with van der Waals surface area (Å²) in [6.45, 7) is 3.54. The summed E-state index contributed by atoms with van der Waals surface area (Å²) in [6, 6.07) is 10.4. The maximum absolute atomic E-state index is 14.0. The van der Waals surface area contributed by atoms with Crippen molar-refractivity contribution >= 4 is 56.9 Å². The van der Waals surface area contributed by atoms with Crippen molar-refractivity contribution in [2.24, 2.45) is 4.99 Å². The Balaban J connectivity index is 1.66. The Labute approximate surface area is 262 Å². The molecule has 0 spiro atoms. The summed E-state index contributed by atoms with van der Waals surface area (Å²) in [6.07, 6.45) is 1.57. The zero-order valence-electron chi connectivity index (χ0n) is 23.3. The van der Waals surface area contributed by atoms with Gasteiger partial charge in [-0.15, -0.1) is 0 Å². The van der Waals surface area contributed by atoms with Crippen LogP contribution in [-0.2, 0) is 9.53 Å². The molecule has 1 aliphatic rings. The molecule has 10 nitrogen and oxygen atoms in total. The minimum absolute atomic E-state index is 0.0560. The zero-order chi connectivity index (χ0) is 31.0. The molecule has 43 heavy (non-hydrogen) atoms. The van der Waals surface area contributed by atoms with Gasteiger partial charge in [0, 0.05) is 16.1 Å².